The largest absolute Gasteiger partial charge is 0.324 e. The summed E-state index contributed by atoms with van der Waals surface area (Å²) in [7, 11) is 0. The molecule has 2 aromatic rings. The quantitative estimate of drug-likeness (QED) is 0.742. The van der Waals surface area contributed by atoms with E-state index in [-0.39, 0.29) is 0 Å². The molecule has 0 fully saturated rings. The van der Waals surface area contributed by atoms with Crippen molar-refractivity contribution in [3.8, 4) is 0 Å². The van der Waals surface area contributed by atoms with Crippen LogP contribution in [0.4, 0.5) is 0 Å². The second-order valence-electron chi connectivity index (χ2n) is 4.03. The highest BCUT2D eigenvalue weighted by Crippen LogP contribution is 2.26. The van der Waals surface area contributed by atoms with Crippen LogP contribution in [0.15, 0.2) is 22.8 Å². The molecule has 1 aliphatic rings. The highest BCUT2D eigenvalue weighted by Gasteiger charge is 2.18. The fourth-order valence-corrected chi connectivity index (χ4v) is 2.56. The summed E-state index contributed by atoms with van der Waals surface area (Å²) in [5.74, 6) is 0. The van der Waals surface area contributed by atoms with Crippen molar-refractivity contribution in [2.45, 2.75) is 19.5 Å². The van der Waals surface area contributed by atoms with Crippen LogP contribution < -0.4 is 5.32 Å². The van der Waals surface area contributed by atoms with Crippen molar-refractivity contribution < 1.29 is 0 Å². The molecule has 1 unspecified atom stereocenters. The molecule has 0 radical (unpaired) electrons. The highest BCUT2D eigenvalue weighted by atomic mass is 79.9. The topological polar surface area (TPSA) is 29.9 Å². The summed E-state index contributed by atoms with van der Waals surface area (Å²) in [6.07, 6.45) is 0. The Labute approximate surface area is 96.6 Å². The molecule has 2 aromatic heterocycles. The fourth-order valence-electron chi connectivity index (χ4n) is 2.26. The van der Waals surface area contributed by atoms with E-state index in [4.69, 9.17) is 0 Å². The molecule has 0 saturated heterocycles. The fraction of sp³-hybridized carbons (Fsp3) is 0.364. The summed E-state index contributed by atoms with van der Waals surface area (Å²) in [5.41, 5.74) is 2.42. The molecule has 78 valence electrons. The Bertz CT molecular complexity index is 518. The Morgan fingerprint density at radius 3 is 3.27 bits per heavy atom. The molecule has 3 rings (SSSR count). The smallest absolute Gasteiger partial charge is 0.141 e. The third kappa shape index (κ3) is 1.40. The van der Waals surface area contributed by atoms with Crippen LogP contribution in [0.25, 0.3) is 11.0 Å². The van der Waals surface area contributed by atoms with Crippen LogP contribution in [-0.4, -0.2) is 16.1 Å². The van der Waals surface area contributed by atoms with Gasteiger partial charge in [0.15, 0.2) is 0 Å². The van der Waals surface area contributed by atoms with Gasteiger partial charge in [-0.25, -0.2) is 4.98 Å². The van der Waals surface area contributed by atoms with Gasteiger partial charge in [-0.05, 0) is 41.1 Å². The first-order valence-corrected chi connectivity index (χ1v) is 5.92. The maximum Gasteiger partial charge on any atom is 0.141 e. The number of hydrogen-bond acceptors (Lipinski definition) is 2. The van der Waals surface area contributed by atoms with E-state index in [9.17, 15) is 0 Å². The molecular weight excluding hydrogens is 254 g/mol. The van der Waals surface area contributed by atoms with Crippen molar-refractivity contribution >= 4 is 27.0 Å². The van der Waals surface area contributed by atoms with Crippen molar-refractivity contribution in [1.82, 2.24) is 14.9 Å². The lowest BCUT2D eigenvalue weighted by Gasteiger charge is -2.24. The predicted molar refractivity (Wildman–Crippen MR) is 63.9 cm³/mol. The van der Waals surface area contributed by atoms with Crippen molar-refractivity contribution in [1.29, 1.82) is 0 Å². The number of pyridine rings is 1. The first-order valence-electron chi connectivity index (χ1n) is 5.13. The number of nitrogens with zero attached hydrogens (tertiary/aromatic N) is 2. The van der Waals surface area contributed by atoms with Crippen molar-refractivity contribution in [3.05, 3.63) is 28.5 Å². The molecule has 1 N–H and O–H groups in total. The zero-order chi connectivity index (χ0) is 10.4. The number of aromatic nitrogens is 2. The highest BCUT2D eigenvalue weighted by molar-refractivity contribution is 9.10. The number of nitrogens with one attached hydrogen (secondary N) is 1. The standard InChI is InChI=1S/C11H12BrN3/c1-7-5-13-6-9-4-8-2-3-10(12)14-11(8)15(7)9/h2-4,7,13H,5-6H2,1H3. The van der Waals surface area contributed by atoms with Gasteiger partial charge in [-0.3, -0.25) is 0 Å². The minimum absolute atomic E-state index is 0.480. The van der Waals surface area contributed by atoms with Gasteiger partial charge >= 0.3 is 0 Å². The van der Waals surface area contributed by atoms with Crippen LogP contribution in [-0.2, 0) is 6.54 Å². The zero-order valence-corrected chi connectivity index (χ0v) is 10.1. The van der Waals surface area contributed by atoms with E-state index < -0.39 is 0 Å². The second kappa shape index (κ2) is 3.32. The van der Waals surface area contributed by atoms with Crippen LogP contribution in [0, 0.1) is 0 Å². The summed E-state index contributed by atoms with van der Waals surface area (Å²) in [6.45, 7) is 4.18. The molecule has 0 spiro atoms. The molecule has 0 aliphatic carbocycles. The third-order valence-electron chi connectivity index (χ3n) is 2.92. The maximum atomic E-state index is 4.55. The van der Waals surface area contributed by atoms with E-state index in [1.165, 1.54) is 11.1 Å². The molecular formula is C11H12BrN3. The Balaban J connectivity index is 2.33. The number of fused-ring (bicyclic) bond motifs is 3. The summed E-state index contributed by atoms with van der Waals surface area (Å²) in [5, 5.41) is 4.63. The lowest BCUT2D eigenvalue weighted by molar-refractivity contribution is 0.437. The second-order valence-corrected chi connectivity index (χ2v) is 4.84. The zero-order valence-electron chi connectivity index (χ0n) is 8.50. The van der Waals surface area contributed by atoms with Gasteiger partial charge < -0.3 is 9.88 Å². The van der Waals surface area contributed by atoms with Crippen molar-refractivity contribution in [3.63, 3.8) is 0 Å². The molecule has 0 amide bonds. The van der Waals surface area contributed by atoms with Gasteiger partial charge in [-0.15, -0.1) is 0 Å². The summed E-state index contributed by atoms with van der Waals surface area (Å²) in [6, 6.07) is 6.81. The van der Waals surface area contributed by atoms with Gasteiger partial charge in [0.2, 0.25) is 0 Å². The molecule has 1 atom stereocenters. The molecule has 15 heavy (non-hydrogen) atoms. The Kier molecular flexibility index (Phi) is 2.07. The molecule has 3 heterocycles. The van der Waals surface area contributed by atoms with Gasteiger partial charge in [0, 0.05) is 30.2 Å². The van der Waals surface area contributed by atoms with Crippen LogP contribution in [0.3, 0.4) is 0 Å². The number of rotatable bonds is 0. The normalized spacial score (nSPS) is 20.5. The van der Waals surface area contributed by atoms with Gasteiger partial charge in [-0.1, -0.05) is 0 Å². The lowest BCUT2D eigenvalue weighted by Crippen LogP contribution is -2.31. The number of hydrogen-bond donors (Lipinski definition) is 1. The molecule has 4 heteroatoms. The third-order valence-corrected chi connectivity index (χ3v) is 3.36. The van der Waals surface area contributed by atoms with Gasteiger partial charge in [0.05, 0.1) is 0 Å². The van der Waals surface area contributed by atoms with Gasteiger partial charge in [0.25, 0.3) is 0 Å². The van der Waals surface area contributed by atoms with Crippen LogP contribution in [0.2, 0.25) is 0 Å². The summed E-state index contributed by atoms with van der Waals surface area (Å²) < 4.78 is 3.23. The van der Waals surface area contributed by atoms with Crippen molar-refractivity contribution in [2.75, 3.05) is 6.54 Å². The van der Waals surface area contributed by atoms with Crippen molar-refractivity contribution in [2.24, 2.45) is 0 Å². The van der Waals surface area contributed by atoms with E-state index >= 15 is 0 Å². The molecule has 0 bridgehead atoms. The SMILES string of the molecule is CC1CNCc2cc3ccc(Br)nc3n21. The van der Waals surface area contributed by atoms with Gasteiger partial charge in [0.1, 0.15) is 10.3 Å². The summed E-state index contributed by atoms with van der Waals surface area (Å²) in [4.78, 5) is 4.55. The van der Waals surface area contributed by atoms with E-state index in [0.717, 1.165) is 23.3 Å². The van der Waals surface area contributed by atoms with Gasteiger partial charge in [-0.2, -0.15) is 0 Å². The molecule has 1 aliphatic heterocycles. The van der Waals surface area contributed by atoms with E-state index in [2.05, 4.69) is 49.9 Å². The Hall–Kier alpha value is -0.870. The molecule has 0 aromatic carbocycles. The summed E-state index contributed by atoms with van der Waals surface area (Å²) >= 11 is 3.42. The lowest BCUT2D eigenvalue weighted by atomic mass is 10.2. The van der Waals surface area contributed by atoms with Crippen LogP contribution in [0.5, 0.6) is 0 Å². The minimum Gasteiger partial charge on any atom is -0.324 e. The first kappa shape index (κ1) is 9.36. The first-order chi connectivity index (χ1) is 7.25. The molecule has 0 saturated carbocycles. The maximum absolute atomic E-state index is 4.55. The van der Waals surface area contributed by atoms with Crippen LogP contribution >= 0.6 is 15.9 Å². The Morgan fingerprint density at radius 1 is 1.53 bits per heavy atom. The van der Waals surface area contributed by atoms with Crippen LogP contribution in [0.1, 0.15) is 18.7 Å². The number of halogens is 1. The average molecular weight is 266 g/mol. The monoisotopic (exact) mass is 265 g/mol. The minimum atomic E-state index is 0.480. The van der Waals surface area contributed by atoms with E-state index in [0.29, 0.717) is 6.04 Å². The predicted octanol–water partition coefficient (Wildman–Crippen LogP) is 2.46. The van der Waals surface area contributed by atoms with E-state index in [1.54, 1.807) is 0 Å². The Morgan fingerprint density at radius 2 is 2.40 bits per heavy atom. The van der Waals surface area contributed by atoms with E-state index in [1.807, 2.05) is 6.07 Å². The molecule has 3 nitrogen and oxygen atoms in total. The average Bonchev–Trinajstić information content (AvgIpc) is 2.57.